The number of rotatable bonds is 4. The van der Waals surface area contributed by atoms with Crippen LogP contribution in [0, 0.1) is 5.92 Å². The zero-order chi connectivity index (χ0) is 13.1. The number of piperidine rings is 1. The molecule has 1 aliphatic heterocycles. The Bertz CT molecular complexity index is 211. The third kappa shape index (κ3) is 4.59. The van der Waals surface area contributed by atoms with E-state index in [1.165, 1.54) is 32.4 Å². The summed E-state index contributed by atoms with van der Waals surface area (Å²) in [6.07, 6.45) is 3.88. The quantitative estimate of drug-likeness (QED) is 0.811. The van der Waals surface area contributed by atoms with E-state index in [1.807, 2.05) is 0 Å². The van der Waals surface area contributed by atoms with E-state index in [-0.39, 0.29) is 0 Å². The third-order valence-corrected chi connectivity index (χ3v) is 4.44. The SMILES string of the molecule is CCC(C)C(C)NC1CCN(C(C)(C)C)CC1. The maximum atomic E-state index is 3.81. The van der Waals surface area contributed by atoms with Gasteiger partial charge in [-0.25, -0.2) is 0 Å². The molecule has 0 aromatic heterocycles. The minimum absolute atomic E-state index is 0.341. The van der Waals surface area contributed by atoms with Crippen molar-refractivity contribution >= 4 is 0 Å². The Morgan fingerprint density at radius 3 is 2.12 bits per heavy atom. The van der Waals surface area contributed by atoms with Crippen LogP contribution >= 0.6 is 0 Å². The highest BCUT2D eigenvalue weighted by atomic mass is 15.2. The van der Waals surface area contributed by atoms with Gasteiger partial charge < -0.3 is 5.32 Å². The van der Waals surface area contributed by atoms with Crippen LogP contribution in [0.5, 0.6) is 0 Å². The summed E-state index contributed by atoms with van der Waals surface area (Å²) in [6, 6.07) is 1.39. The summed E-state index contributed by atoms with van der Waals surface area (Å²) in [6.45, 7) is 16.4. The molecule has 2 unspecified atom stereocenters. The van der Waals surface area contributed by atoms with Gasteiger partial charge in [-0.05, 0) is 46.5 Å². The molecule has 0 spiro atoms. The standard InChI is InChI=1S/C15H32N2/c1-7-12(2)13(3)16-14-8-10-17(11-9-14)15(4,5)6/h12-14,16H,7-11H2,1-6H3. The fraction of sp³-hybridized carbons (Fsp3) is 1.00. The fourth-order valence-corrected chi connectivity index (χ4v) is 2.61. The zero-order valence-electron chi connectivity index (χ0n) is 12.7. The monoisotopic (exact) mass is 240 g/mol. The molecule has 1 aliphatic rings. The average Bonchev–Trinajstić information content (AvgIpc) is 2.27. The van der Waals surface area contributed by atoms with Crippen molar-refractivity contribution in [3.05, 3.63) is 0 Å². The van der Waals surface area contributed by atoms with Crippen molar-refractivity contribution in [1.82, 2.24) is 10.2 Å². The van der Waals surface area contributed by atoms with Crippen molar-refractivity contribution in [2.75, 3.05) is 13.1 Å². The molecule has 17 heavy (non-hydrogen) atoms. The minimum Gasteiger partial charge on any atom is -0.311 e. The number of hydrogen-bond donors (Lipinski definition) is 1. The van der Waals surface area contributed by atoms with Crippen LogP contribution in [0.1, 0.15) is 60.8 Å². The molecule has 0 saturated carbocycles. The second-order valence-corrected chi connectivity index (χ2v) is 6.77. The normalized spacial score (nSPS) is 23.6. The summed E-state index contributed by atoms with van der Waals surface area (Å²) >= 11 is 0. The second kappa shape index (κ2) is 6.19. The Balaban J connectivity index is 2.33. The highest BCUT2D eigenvalue weighted by Crippen LogP contribution is 2.21. The van der Waals surface area contributed by atoms with Gasteiger partial charge in [0.1, 0.15) is 0 Å². The molecule has 1 fully saturated rings. The summed E-state index contributed by atoms with van der Waals surface area (Å²) in [5.41, 5.74) is 0.341. The Hall–Kier alpha value is -0.0800. The lowest BCUT2D eigenvalue weighted by Crippen LogP contribution is -2.51. The molecule has 1 N–H and O–H groups in total. The van der Waals surface area contributed by atoms with E-state index >= 15 is 0 Å². The predicted molar refractivity (Wildman–Crippen MR) is 76.4 cm³/mol. The van der Waals surface area contributed by atoms with Crippen LogP contribution in [0.3, 0.4) is 0 Å². The lowest BCUT2D eigenvalue weighted by Gasteiger charge is -2.42. The van der Waals surface area contributed by atoms with E-state index in [1.54, 1.807) is 0 Å². The van der Waals surface area contributed by atoms with E-state index in [4.69, 9.17) is 0 Å². The zero-order valence-corrected chi connectivity index (χ0v) is 12.7. The Labute approximate surface area is 108 Å². The smallest absolute Gasteiger partial charge is 0.0125 e. The van der Waals surface area contributed by atoms with Crippen molar-refractivity contribution in [2.24, 2.45) is 5.92 Å². The maximum absolute atomic E-state index is 3.81. The molecular weight excluding hydrogens is 208 g/mol. The lowest BCUT2D eigenvalue weighted by atomic mass is 9.95. The molecule has 102 valence electrons. The van der Waals surface area contributed by atoms with Gasteiger partial charge in [-0.1, -0.05) is 20.3 Å². The molecule has 1 rings (SSSR count). The van der Waals surface area contributed by atoms with Crippen LogP contribution in [0.2, 0.25) is 0 Å². The van der Waals surface area contributed by atoms with Crippen molar-refractivity contribution in [3.8, 4) is 0 Å². The van der Waals surface area contributed by atoms with Crippen molar-refractivity contribution in [3.63, 3.8) is 0 Å². The van der Waals surface area contributed by atoms with E-state index in [2.05, 4.69) is 51.8 Å². The van der Waals surface area contributed by atoms with Crippen molar-refractivity contribution < 1.29 is 0 Å². The maximum Gasteiger partial charge on any atom is 0.0125 e. The largest absolute Gasteiger partial charge is 0.311 e. The molecule has 2 atom stereocenters. The number of nitrogens with one attached hydrogen (secondary N) is 1. The summed E-state index contributed by atoms with van der Waals surface area (Å²) in [5.74, 6) is 0.788. The Morgan fingerprint density at radius 1 is 1.18 bits per heavy atom. The first-order chi connectivity index (χ1) is 7.84. The van der Waals surface area contributed by atoms with Crippen LogP contribution in [0.15, 0.2) is 0 Å². The molecule has 1 heterocycles. The topological polar surface area (TPSA) is 15.3 Å². The highest BCUT2D eigenvalue weighted by Gasteiger charge is 2.27. The third-order valence-electron chi connectivity index (χ3n) is 4.44. The van der Waals surface area contributed by atoms with E-state index in [0.717, 1.165) is 12.0 Å². The first-order valence-corrected chi connectivity index (χ1v) is 7.35. The second-order valence-electron chi connectivity index (χ2n) is 6.77. The number of hydrogen-bond acceptors (Lipinski definition) is 2. The molecule has 0 aliphatic carbocycles. The molecule has 2 nitrogen and oxygen atoms in total. The van der Waals surface area contributed by atoms with Gasteiger partial charge in [0.2, 0.25) is 0 Å². The van der Waals surface area contributed by atoms with Gasteiger partial charge in [0.25, 0.3) is 0 Å². The van der Waals surface area contributed by atoms with Crippen molar-refractivity contribution in [1.29, 1.82) is 0 Å². The summed E-state index contributed by atoms with van der Waals surface area (Å²) in [5, 5.41) is 3.81. The van der Waals surface area contributed by atoms with Crippen LogP contribution in [0.4, 0.5) is 0 Å². The Morgan fingerprint density at radius 2 is 1.71 bits per heavy atom. The van der Waals surface area contributed by atoms with Gasteiger partial charge in [0, 0.05) is 30.7 Å². The van der Waals surface area contributed by atoms with E-state index in [9.17, 15) is 0 Å². The molecular formula is C15H32N2. The predicted octanol–water partition coefficient (Wildman–Crippen LogP) is 3.27. The van der Waals surface area contributed by atoms with Crippen LogP contribution in [-0.2, 0) is 0 Å². The van der Waals surface area contributed by atoms with E-state index in [0.29, 0.717) is 11.6 Å². The molecule has 0 amide bonds. The van der Waals surface area contributed by atoms with Gasteiger partial charge in [0.15, 0.2) is 0 Å². The number of nitrogens with zero attached hydrogens (tertiary/aromatic N) is 1. The first-order valence-electron chi connectivity index (χ1n) is 7.35. The average molecular weight is 240 g/mol. The lowest BCUT2D eigenvalue weighted by molar-refractivity contribution is 0.0923. The van der Waals surface area contributed by atoms with Gasteiger partial charge in [-0.2, -0.15) is 0 Å². The van der Waals surface area contributed by atoms with Gasteiger partial charge in [-0.15, -0.1) is 0 Å². The van der Waals surface area contributed by atoms with Crippen LogP contribution in [-0.4, -0.2) is 35.6 Å². The fourth-order valence-electron chi connectivity index (χ4n) is 2.61. The number of likely N-dealkylation sites (tertiary alicyclic amines) is 1. The minimum atomic E-state index is 0.341. The molecule has 0 aromatic rings. The highest BCUT2D eigenvalue weighted by molar-refractivity contribution is 4.85. The first kappa shape index (κ1) is 15.0. The molecule has 2 heteroatoms. The summed E-state index contributed by atoms with van der Waals surface area (Å²) in [7, 11) is 0. The van der Waals surface area contributed by atoms with Gasteiger partial charge in [-0.3, -0.25) is 4.90 Å². The summed E-state index contributed by atoms with van der Waals surface area (Å²) in [4.78, 5) is 2.61. The van der Waals surface area contributed by atoms with Crippen LogP contribution in [0.25, 0.3) is 0 Å². The Kier molecular flexibility index (Phi) is 5.46. The van der Waals surface area contributed by atoms with Gasteiger partial charge >= 0.3 is 0 Å². The molecule has 0 aromatic carbocycles. The molecule has 1 saturated heterocycles. The molecule has 0 bridgehead atoms. The van der Waals surface area contributed by atoms with E-state index < -0.39 is 0 Å². The molecule has 0 radical (unpaired) electrons. The van der Waals surface area contributed by atoms with Crippen LogP contribution < -0.4 is 5.32 Å². The van der Waals surface area contributed by atoms with Crippen molar-refractivity contribution in [2.45, 2.75) is 78.4 Å². The summed E-state index contributed by atoms with van der Waals surface area (Å²) < 4.78 is 0. The van der Waals surface area contributed by atoms with Gasteiger partial charge in [0.05, 0.1) is 0 Å².